The van der Waals surface area contributed by atoms with Crippen molar-refractivity contribution >= 4 is 39.5 Å². The van der Waals surface area contributed by atoms with E-state index in [1.54, 1.807) is 30.1 Å². The summed E-state index contributed by atoms with van der Waals surface area (Å²) in [5.74, 6) is 0.616. The summed E-state index contributed by atoms with van der Waals surface area (Å²) in [7, 11) is 1.79. The van der Waals surface area contributed by atoms with Gasteiger partial charge >= 0.3 is 0 Å². The lowest BCUT2D eigenvalue weighted by molar-refractivity contribution is 0.102. The third-order valence-electron chi connectivity index (χ3n) is 5.10. The van der Waals surface area contributed by atoms with Crippen LogP contribution in [0, 0.1) is 0 Å². The Balaban J connectivity index is 1.56. The van der Waals surface area contributed by atoms with Gasteiger partial charge in [0.15, 0.2) is 11.5 Å². The van der Waals surface area contributed by atoms with Gasteiger partial charge in [-0.1, -0.05) is 12.1 Å². The molecule has 4 aromatic heterocycles. The predicted molar refractivity (Wildman–Crippen MR) is 119 cm³/mol. The normalized spacial score (nSPS) is 11.6. The van der Waals surface area contributed by atoms with Crippen molar-refractivity contribution in [2.75, 3.05) is 11.1 Å². The summed E-state index contributed by atoms with van der Waals surface area (Å²) in [5, 5.41) is 13.3. The second-order valence-corrected chi connectivity index (χ2v) is 7.66. The smallest absolute Gasteiger partial charge is 0.273 e. The second-order valence-electron chi connectivity index (χ2n) is 7.66. The number of aryl methyl sites for hydroxylation is 1. The molecule has 0 atom stereocenters. The van der Waals surface area contributed by atoms with Crippen molar-refractivity contribution < 1.29 is 4.79 Å². The van der Waals surface area contributed by atoms with Crippen molar-refractivity contribution in [3.63, 3.8) is 0 Å². The largest absolute Gasteiger partial charge is 0.383 e. The number of H-pyrrole nitrogens is 1. The summed E-state index contributed by atoms with van der Waals surface area (Å²) in [6, 6.07) is 9.50. The highest BCUT2D eigenvalue weighted by Gasteiger charge is 2.19. The molecule has 0 aliphatic heterocycles. The van der Waals surface area contributed by atoms with Crippen LogP contribution in [0.25, 0.3) is 33.2 Å². The first-order valence-electron chi connectivity index (χ1n) is 9.83. The number of benzene rings is 1. The molecule has 4 heterocycles. The maximum Gasteiger partial charge on any atom is 0.273 e. The molecule has 31 heavy (non-hydrogen) atoms. The van der Waals surface area contributed by atoms with Crippen LogP contribution in [0.15, 0.2) is 42.9 Å². The molecule has 4 N–H and O–H groups in total. The minimum Gasteiger partial charge on any atom is -0.383 e. The van der Waals surface area contributed by atoms with Crippen molar-refractivity contribution in [1.82, 2.24) is 34.5 Å². The molecule has 0 unspecified atom stereocenters. The van der Waals surface area contributed by atoms with E-state index in [1.807, 2.05) is 36.7 Å². The Hall–Kier alpha value is -4.21. The number of hydrogen-bond acceptors (Lipinski definition) is 6. The van der Waals surface area contributed by atoms with Gasteiger partial charge in [0.05, 0.1) is 5.39 Å². The van der Waals surface area contributed by atoms with E-state index >= 15 is 0 Å². The first kappa shape index (κ1) is 18.8. The topological polar surface area (TPSA) is 132 Å². The van der Waals surface area contributed by atoms with Crippen LogP contribution in [0.5, 0.6) is 0 Å². The molecule has 10 heteroatoms. The Morgan fingerprint density at radius 1 is 1.16 bits per heavy atom. The maximum absolute atomic E-state index is 12.6. The fourth-order valence-corrected chi connectivity index (χ4v) is 3.62. The Morgan fingerprint density at radius 3 is 2.74 bits per heavy atom. The zero-order valence-electron chi connectivity index (χ0n) is 17.3. The number of anilines is 2. The van der Waals surface area contributed by atoms with E-state index in [-0.39, 0.29) is 11.9 Å². The van der Waals surface area contributed by atoms with Gasteiger partial charge in [0.25, 0.3) is 5.91 Å². The molecule has 0 spiro atoms. The van der Waals surface area contributed by atoms with E-state index in [1.165, 1.54) is 6.33 Å². The average Bonchev–Trinajstić information content (AvgIpc) is 3.44. The highest BCUT2D eigenvalue weighted by Crippen LogP contribution is 2.33. The van der Waals surface area contributed by atoms with Crippen LogP contribution in [0.3, 0.4) is 0 Å². The van der Waals surface area contributed by atoms with Crippen LogP contribution in [-0.2, 0) is 7.05 Å². The van der Waals surface area contributed by atoms with Crippen LogP contribution >= 0.6 is 0 Å². The summed E-state index contributed by atoms with van der Waals surface area (Å²) < 4.78 is 3.47. The lowest BCUT2D eigenvalue weighted by Crippen LogP contribution is -2.12. The molecular formula is C21H21N9O. The van der Waals surface area contributed by atoms with Crippen LogP contribution in [-0.4, -0.2) is 40.4 Å². The number of aromatic nitrogens is 7. The molecule has 0 fully saturated rings. The summed E-state index contributed by atoms with van der Waals surface area (Å²) >= 11 is 0. The quantitative estimate of drug-likeness (QED) is 0.413. The molecule has 10 nitrogen and oxygen atoms in total. The van der Waals surface area contributed by atoms with Gasteiger partial charge in [-0.3, -0.25) is 9.48 Å². The first-order chi connectivity index (χ1) is 14.9. The second kappa shape index (κ2) is 6.94. The fourth-order valence-electron chi connectivity index (χ4n) is 3.62. The average molecular weight is 415 g/mol. The zero-order valence-corrected chi connectivity index (χ0v) is 17.3. The van der Waals surface area contributed by atoms with Crippen molar-refractivity contribution in [3.8, 4) is 11.3 Å². The van der Waals surface area contributed by atoms with E-state index < -0.39 is 0 Å². The van der Waals surface area contributed by atoms with E-state index in [9.17, 15) is 4.79 Å². The number of carbonyl (C=O) groups excluding carboxylic acids is 1. The molecule has 0 radical (unpaired) electrons. The van der Waals surface area contributed by atoms with Gasteiger partial charge in [-0.05, 0) is 26.0 Å². The van der Waals surface area contributed by atoms with Gasteiger partial charge in [-0.25, -0.2) is 14.6 Å². The van der Waals surface area contributed by atoms with E-state index in [4.69, 9.17) is 10.8 Å². The third kappa shape index (κ3) is 3.18. The molecule has 1 aromatic carbocycles. The number of hydrogen-bond donors (Lipinski definition) is 3. The van der Waals surface area contributed by atoms with Gasteiger partial charge in [-0.2, -0.15) is 10.2 Å². The van der Waals surface area contributed by atoms with Gasteiger partial charge in [0.1, 0.15) is 23.5 Å². The van der Waals surface area contributed by atoms with Crippen LogP contribution in [0.4, 0.5) is 11.6 Å². The van der Waals surface area contributed by atoms with Gasteiger partial charge in [0.2, 0.25) is 0 Å². The zero-order chi connectivity index (χ0) is 21.7. The van der Waals surface area contributed by atoms with Crippen molar-refractivity contribution in [2.24, 2.45) is 7.05 Å². The summed E-state index contributed by atoms with van der Waals surface area (Å²) in [6.07, 6.45) is 3.21. The van der Waals surface area contributed by atoms with E-state index in [2.05, 4.69) is 25.4 Å². The molecule has 0 saturated carbocycles. The minimum absolute atomic E-state index is 0.113. The molecule has 0 aliphatic carbocycles. The number of amides is 1. The maximum atomic E-state index is 12.6. The highest BCUT2D eigenvalue weighted by atomic mass is 16.2. The fraction of sp³-hybridized carbons (Fsp3) is 0.190. The van der Waals surface area contributed by atoms with Crippen LogP contribution in [0.2, 0.25) is 0 Å². The van der Waals surface area contributed by atoms with Gasteiger partial charge < -0.3 is 16.0 Å². The Morgan fingerprint density at radius 2 is 2.00 bits per heavy atom. The SMILES string of the molecule is CC(C)n1nc(-c2ccc3cc(C(=O)Nc4ccn(C)n4)[nH]c3c2)c2c(N)ncnc21. The number of rotatable bonds is 4. The minimum atomic E-state index is -0.261. The molecule has 5 rings (SSSR count). The lowest BCUT2D eigenvalue weighted by Gasteiger charge is -2.05. The summed E-state index contributed by atoms with van der Waals surface area (Å²) in [6.45, 7) is 4.07. The standard InChI is InChI=1S/C21H21N9O/c1-11(2)30-20-17(19(22)23-10-24-20)18(28-30)13-5-4-12-8-15(25-14(12)9-13)21(31)26-16-6-7-29(3)27-16/h4-11,25H,1-3H3,(H2,22,23,24)(H,26,27,31). The number of nitrogen functional groups attached to an aromatic ring is 1. The number of nitrogens with one attached hydrogen (secondary N) is 2. The summed E-state index contributed by atoms with van der Waals surface area (Å²) in [5.41, 5.74) is 9.68. The Bertz CT molecular complexity index is 1440. The van der Waals surface area contributed by atoms with Crippen LogP contribution < -0.4 is 11.1 Å². The first-order valence-corrected chi connectivity index (χ1v) is 9.83. The van der Waals surface area contributed by atoms with Crippen molar-refractivity contribution in [1.29, 1.82) is 0 Å². The molecule has 0 saturated heterocycles. The Kier molecular flexibility index (Phi) is 4.21. The molecule has 0 bridgehead atoms. The van der Waals surface area contributed by atoms with Crippen LogP contribution in [0.1, 0.15) is 30.4 Å². The van der Waals surface area contributed by atoms with Crippen molar-refractivity contribution in [3.05, 3.63) is 48.5 Å². The molecule has 156 valence electrons. The number of aromatic amines is 1. The molecule has 1 amide bonds. The Labute approximate surface area is 177 Å². The van der Waals surface area contributed by atoms with Crippen molar-refractivity contribution in [2.45, 2.75) is 19.9 Å². The monoisotopic (exact) mass is 415 g/mol. The predicted octanol–water partition coefficient (Wildman–Crippen LogP) is 3.12. The number of fused-ring (bicyclic) bond motifs is 2. The molecule has 5 aromatic rings. The summed E-state index contributed by atoms with van der Waals surface area (Å²) in [4.78, 5) is 24.3. The lowest BCUT2D eigenvalue weighted by atomic mass is 10.1. The van der Waals surface area contributed by atoms with Gasteiger partial charge in [0, 0.05) is 41.8 Å². The molecular weight excluding hydrogens is 394 g/mol. The number of nitrogens with two attached hydrogens (primary N) is 1. The van der Waals surface area contributed by atoms with Gasteiger partial charge in [-0.15, -0.1) is 0 Å². The number of carbonyl (C=O) groups is 1. The third-order valence-corrected chi connectivity index (χ3v) is 5.10. The molecule has 0 aliphatic rings. The van der Waals surface area contributed by atoms with E-state index in [0.717, 1.165) is 21.9 Å². The highest BCUT2D eigenvalue weighted by molar-refractivity contribution is 6.06. The number of nitrogens with zero attached hydrogens (tertiary/aromatic N) is 6. The van der Waals surface area contributed by atoms with E-state index in [0.29, 0.717) is 28.7 Å².